The molecular formula is C14H12BrNO2. The quantitative estimate of drug-likeness (QED) is 0.815. The molecule has 1 atom stereocenters. The van der Waals surface area contributed by atoms with Gasteiger partial charge in [0.15, 0.2) is 0 Å². The Kier molecular flexibility index (Phi) is 3.19. The molecule has 1 aromatic heterocycles. The summed E-state index contributed by atoms with van der Waals surface area (Å²) in [5.74, 6) is 2.05. The van der Waals surface area contributed by atoms with E-state index in [1.165, 1.54) is 5.56 Å². The Morgan fingerprint density at radius 3 is 3.00 bits per heavy atom. The molecule has 0 saturated heterocycles. The second-order valence-corrected chi connectivity index (χ2v) is 4.99. The number of ether oxygens (including phenoxy) is 2. The highest BCUT2D eigenvalue weighted by Crippen LogP contribution is 2.33. The summed E-state index contributed by atoms with van der Waals surface area (Å²) < 4.78 is 12.2. The second-order valence-electron chi connectivity index (χ2n) is 4.17. The van der Waals surface area contributed by atoms with Gasteiger partial charge in [0.05, 0.1) is 25.3 Å². The summed E-state index contributed by atoms with van der Waals surface area (Å²) in [7, 11) is 0. The highest BCUT2D eigenvalue weighted by molar-refractivity contribution is 9.10. The zero-order valence-electron chi connectivity index (χ0n) is 9.67. The number of rotatable bonds is 3. The van der Waals surface area contributed by atoms with Crippen LogP contribution < -0.4 is 9.47 Å². The number of benzene rings is 1. The van der Waals surface area contributed by atoms with Gasteiger partial charge in [0.25, 0.3) is 0 Å². The lowest BCUT2D eigenvalue weighted by molar-refractivity contribution is 0.248. The molecule has 0 aliphatic carbocycles. The molecule has 0 radical (unpaired) electrons. The minimum absolute atomic E-state index is 0.296. The topological polar surface area (TPSA) is 31.4 Å². The SMILES string of the molecule is Brc1ccc(OCC2COc3ccccc32)cn1. The standard InChI is InChI=1S/C14H12BrNO2/c15-14-6-5-11(7-16-14)17-8-10-9-18-13-4-2-1-3-12(10)13/h1-7,10H,8-9H2. The summed E-state index contributed by atoms with van der Waals surface area (Å²) in [5.41, 5.74) is 1.22. The summed E-state index contributed by atoms with van der Waals surface area (Å²) in [6.07, 6.45) is 1.71. The van der Waals surface area contributed by atoms with Crippen molar-refractivity contribution in [3.8, 4) is 11.5 Å². The Hall–Kier alpha value is -1.55. The number of fused-ring (bicyclic) bond motifs is 1. The molecule has 18 heavy (non-hydrogen) atoms. The number of nitrogens with zero attached hydrogens (tertiary/aromatic N) is 1. The maximum atomic E-state index is 5.74. The number of pyridine rings is 1. The summed E-state index contributed by atoms with van der Waals surface area (Å²) in [6, 6.07) is 11.9. The third kappa shape index (κ3) is 2.34. The van der Waals surface area contributed by atoms with E-state index in [9.17, 15) is 0 Å². The molecule has 0 amide bonds. The molecule has 0 saturated carbocycles. The van der Waals surface area contributed by atoms with Crippen molar-refractivity contribution in [3.63, 3.8) is 0 Å². The van der Waals surface area contributed by atoms with E-state index in [0.717, 1.165) is 16.1 Å². The van der Waals surface area contributed by atoms with Crippen LogP contribution in [0.15, 0.2) is 47.2 Å². The van der Waals surface area contributed by atoms with Gasteiger partial charge in [-0.3, -0.25) is 0 Å². The molecule has 0 fully saturated rings. The van der Waals surface area contributed by atoms with Gasteiger partial charge in [-0.25, -0.2) is 4.98 Å². The van der Waals surface area contributed by atoms with Gasteiger partial charge in [0, 0.05) is 5.56 Å². The Bertz CT molecular complexity index is 542. The first kappa shape index (κ1) is 11.5. The number of aromatic nitrogens is 1. The average molecular weight is 306 g/mol. The molecule has 0 N–H and O–H groups in total. The minimum Gasteiger partial charge on any atom is -0.493 e. The van der Waals surface area contributed by atoms with Crippen LogP contribution in [0.3, 0.4) is 0 Å². The fourth-order valence-electron chi connectivity index (χ4n) is 2.01. The zero-order valence-corrected chi connectivity index (χ0v) is 11.3. The number of para-hydroxylation sites is 1. The zero-order chi connectivity index (χ0) is 12.4. The lowest BCUT2D eigenvalue weighted by atomic mass is 10.0. The van der Waals surface area contributed by atoms with Crippen LogP contribution in [0.1, 0.15) is 11.5 Å². The van der Waals surface area contributed by atoms with Gasteiger partial charge in [-0.05, 0) is 34.1 Å². The van der Waals surface area contributed by atoms with Crippen molar-refractivity contribution in [2.45, 2.75) is 5.92 Å². The fourth-order valence-corrected chi connectivity index (χ4v) is 2.25. The lowest BCUT2D eigenvalue weighted by Gasteiger charge is -2.10. The van der Waals surface area contributed by atoms with Crippen molar-refractivity contribution in [1.29, 1.82) is 0 Å². The van der Waals surface area contributed by atoms with Crippen LogP contribution in [0.2, 0.25) is 0 Å². The van der Waals surface area contributed by atoms with Crippen molar-refractivity contribution < 1.29 is 9.47 Å². The van der Waals surface area contributed by atoms with Gasteiger partial charge < -0.3 is 9.47 Å². The van der Waals surface area contributed by atoms with Gasteiger partial charge >= 0.3 is 0 Å². The monoisotopic (exact) mass is 305 g/mol. The molecular weight excluding hydrogens is 294 g/mol. The third-order valence-electron chi connectivity index (χ3n) is 2.95. The maximum absolute atomic E-state index is 5.74. The maximum Gasteiger partial charge on any atom is 0.137 e. The van der Waals surface area contributed by atoms with Crippen LogP contribution in [0.25, 0.3) is 0 Å². The Labute approximate surface area is 114 Å². The minimum atomic E-state index is 0.296. The molecule has 2 heterocycles. The molecule has 0 bridgehead atoms. The number of halogens is 1. The van der Waals surface area contributed by atoms with E-state index < -0.39 is 0 Å². The van der Waals surface area contributed by atoms with Gasteiger partial charge in [0.2, 0.25) is 0 Å². The van der Waals surface area contributed by atoms with E-state index in [4.69, 9.17) is 9.47 Å². The van der Waals surface area contributed by atoms with Crippen molar-refractivity contribution in [2.75, 3.05) is 13.2 Å². The molecule has 4 heteroatoms. The smallest absolute Gasteiger partial charge is 0.137 e. The van der Waals surface area contributed by atoms with Crippen LogP contribution in [-0.2, 0) is 0 Å². The van der Waals surface area contributed by atoms with Gasteiger partial charge in [0.1, 0.15) is 16.1 Å². The normalized spacial score (nSPS) is 17.1. The van der Waals surface area contributed by atoms with E-state index in [2.05, 4.69) is 27.0 Å². The Balaban J connectivity index is 1.67. The van der Waals surface area contributed by atoms with E-state index in [1.807, 2.05) is 30.3 Å². The third-order valence-corrected chi connectivity index (χ3v) is 3.42. The second kappa shape index (κ2) is 4.98. The Morgan fingerprint density at radius 1 is 1.28 bits per heavy atom. The van der Waals surface area contributed by atoms with Crippen LogP contribution in [0, 0.1) is 0 Å². The van der Waals surface area contributed by atoms with E-state index in [-0.39, 0.29) is 0 Å². The predicted octanol–water partition coefficient (Wildman–Crippen LogP) is 3.40. The van der Waals surface area contributed by atoms with Crippen molar-refractivity contribution in [3.05, 3.63) is 52.8 Å². The molecule has 1 aliphatic rings. The Morgan fingerprint density at radius 2 is 2.17 bits per heavy atom. The molecule has 1 aliphatic heterocycles. The molecule has 3 rings (SSSR count). The predicted molar refractivity (Wildman–Crippen MR) is 72.1 cm³/mol. The number of hydrogen-bond acceptors (Lipinski definition) is 3. The summed E-state index contributed by atoms with van der Waals surface area (Å²) in [6.45, 7) is 1.30. The first-order chi connectivity index (χ1) is 8.83. The van der Waals surface area contributed by atoms with Gasteiger partial charge in [-0.1, -0.05) is 18.2 Å². The first-order valence-electron chi connectivity index (χ1n) is 5.79. The van der Waals surface area contributed by atoms with Crippen molar-refractivity contribution in [2.24, 2.45) is 0 Å². The molecule has 1 unspecified atom stereocenters. The molecule has 3 nitrogen and oxygen atoms in total. The summed E-state index contributed by atoms with van der Waals surface area (Å²) >= 11 is 3.30. The lowest BCUT2D eigenvalue weighted by Crippen LogP contribution is -2.11. The summed E-state index contributed by atoms with van der Waals surface area (Å²) in [4.78, 5) is 4.13. The van der Waals surface area contributed by atoms with E-state index in [0.29, 0.717) is 19.1 Å². The van der Waals surface area contributed by atoms with Crippen molar-refractivity contribution in [1.82, 2.24) is 4.98 Å². The van der Waals surface area contributed by atoms with Gasteiger partial charge in [-0.2, -0.15) is 0 Å². The fraction of sp³-hybridized carbons (Fsp3) is 0.214. The molecule has 92 valence electrons. The largest absolute Gasteiger partial charge is 0.493 e. The molecule has 2 aromatic rings. The van der Waals surface area contributed by atoms with Crippen LogP contribution in [0.4, 0.5) is 0 Å². The highest BCUT2D eigenvalue weighted by Gasteiger charge is 2.24. The highest BCUT2D eigenvalue weighted by atomic mass is 79.9. The summed E-state index contributed by atoms with van der Waals surface area (Å²) in [5, 5.41) is 0. The van der Waals surface area contributed by atoms with Crippen LogP contribution >= 0.6 is 15.9 Å². The molecule has 1 aromatic carbocycles. The van der Waals surface area contributed by atoms with Gasteiger partial charge in [-0.15, -0.1) is 0 Å². The van der Waals surface area contributed by atoms with E-state index in [1.54, 1.807) is 6.20 Å². The van der Waals surface area contributed by atoms with E-state index >= 15 is 0 Å². The van der Waals surface area contributed by atoms with Crippen LogP contribution in [0.5, 0.6) is 11.5 Å². The number of hydrogen-bond donors (Lipinski definition) is 0. The average Bonchev–Trinajstić information content (AvgIpc) is 2.82. The van der Waals surface area contributed by atoms with Crippen LogP contribution in [-0.4, -0.2) is 18.2 Å². The molecule has 0 spiro atoms. The first-order valence-corrected chi connectivity index (χ1v) is 6.58. The van der Waals surface area contributed by atoms with Crippen molar-refractivity contribution >= 4 is 15.9 Å².